The molecule has 0 unspecified atom stereocenters. The Hall–Kier alpha value is -3.02. The van der Waals surface area contributed by atoms with Crippen LogP contribution in [0.3, 0.4) is 0 Å². The Morgan fingerprint density at radius 2 is 1.62 bits per heavy atom. The summed E-state index contributed by atoms with van der Waals surface area (Å²) in [5, 5.41) is 5.44. The number of benzene rings is 2. The molecule has 2 rings (SSSR count). The van der Waals surface area contributed by atoms with Gasteiger partial charge < -0.3 is 20.1 Å². The minimum atomic E-state index is -0.176. The molecule has 0 aliphatic rings. The first-order chi connectivity index (χ1) is 11.6. The molecule has 6 nitrogen and oxygen atoms in total. The van der Waals surface area contributed by atoms with Gasteiger partial charge in [-0.1, -0.05) is 18.2 Å². The molecule has 0 heterocycles. The molecular weight excluding hydrogens is 308 g/mol. The summed E-state index contributed by atoms with van der Waals surface area (Å²) in [4.78, 5) is 23.0. The lowest BCUT2D eigenvalue weighted by molar-refractivity contribution is -0.116. The van der Waals surface area contributed by atoms with E-state index in [4.69, 9.17) is 9.47 Å². The SMILES string of the molecule is COc1ccccc1OCCC(=O)Nc1cccc(NC(C)=O)c1. The standard InChI is InChI=1S/C18H20N2O4/c1-13(21)19-14-6-5-7-15(12-14)20-18(22)10-11-24-17-9-4-3-8-16(17)23-2/h3-9,12H,10-11H2,1-2H3,(H,19,21)(H,20,22). The van der Waals surface area contributed by atoms with Crippen LogP contribution in [0.5, 0.6) is 11.5 Å². The minimum absolute atomic E-state index is 0.163. The van der Waals surface area contributed by atoms with E-state index in [0.717, 1.165) is 0 Å². The molecule has 2 aromatic carbocycles. The predicted octanol–water partition coefficient (Wildman–Crippen LogP) is 3.06. The number of carbonyl (C=O) groups is 2. The van der Waals surface area contributed by atoms with Crippen LogP contribution in [0, 0.1) is 0 Å². The Labute approximate surface area is 140 Å². The van der Waals surface area contributed by atoms with E-state index in [1.165, 1.54) is 6.92 Å². The van der Waals surface area contributed by atoms with Gasteiger partial charge >= 0.3 is 0 Å². The predicted molar refractivity (Wildman–Crippen MR) is 92.5 cm³/mol. The van der Waals surface area contributed by atoms with E-state index in [2.05, 4.69) is 10.6 Å². The third kappa shape index (κ3) is 5.31. The lowest BCUT2D eigenvalue weighted by Crippen LogP contribution is -2.15. The highest BCUT2D eigenvalue weighted by Gasteiger charge is 2.06. The number of hydrogen-bond acceptors (Lipinski definition) is 4. The van der Waals surface area contributed by atoms with Crippen LogP contribution in [0.25, 0.3) is 0 Å². The van der Waals surface area contributed by atoms with Crippen molar-refractivity contribution in [3.63, 3.8) is 0 Å². The second-order valence-corrected chi connectivity index (χ2v) is 5.06. The molecule has 0 aliphatic carbocycles. The topological polar surface area (TPSA) is 76.7 Å². The first kappa shape index (κ1) is 17.3. The van der Waals surface area contributed by atoms with Crippen LogP contribution >= 0.6 is 0 Å². The monoisotopic (exact) mass is 328 g/mol. The fraction of sp³-hybridized carbons (Fsp3) is 0.222. The second kappa shape index (κ2) is 8.57. The number of carbonyl (C=O) groups excluding carboxylic acids is 2. The Bertz CT molecular complexity index is 716. The fourth-order valence-electron chi connectivity index (χ4n) is 2.09. The maximum atomic E-state index is 12.0. The van der Waals surface area contributed by atoms with Crippen molar-refractivity contribution in [1.29, 1.82) is 0 Å². The van der Waals surface area contributed by atoms with Crippen molar-refractivity contribution in [3.8, 4) is 11.5 Å². The number of amides is 2. The number of hydrogen-bond donors (Lipinski definition) is 2. The largest absolute Gasteiger partial charge is 0.493 e. The van der Waals surface area contributed by atoms with E-state index in [1.54, 1.807) is 43.5 Å². The highest BCUT2D eigenvalue weighted by Crippen LogP contribution is 2.25. The highest BCUT2D eigenvalue weighted by atomic mass is 16.5. The van der Waals surface area contributed by atoms with Gasteiger partial charge in [0.05, 0.1) is 20.1 Å². The maximum absolute atomic E-state index is 12.0. The molecule has 0 aromatic heterocycles. The molecule has 6 heteroatoms. The van der Waals surface area contributed by atoms with Gasteiger partial charge in [-0.2, -0.15) is 0 Å². The van der Waals surface area contributed by atoms with Crippen molar-refractivity contribution in [2.24, 2.45) is 0 Å². The van der Waals surface area contributed by atoms with Crippen molar-refractivity contribution in [3.05, 3.63) is 48.5 Å². The molecule has 0 radical (unpaired) electrons. The van der Waals surface area contributed by atoms with Gasteiger partial charge in [0.1, 0.15) is 0 Å². The smallest absolute Gasteiger partial charge is 0.227 e. The second-order valence-electron chi connectivity index (χ2n) is 5.06. The van der Waals surface area contributed by atoms with Crippen LogP contribution in [0.1, 0.15) is 13.3 Å². The van der Waals surface area contributed by atoms with Gasteiger partial charge in [-0.15, -0.1) is 0 Å². The Morgan fingerprint density at radius 1 is 0.958 bits per heavy atom. The molecule has 0 bridgehead atoms. The summed E-state index contributed by atoms with van der Waals surface area (Å²) in [5.41, 5.74) is 1.24. The first-order valence-electron chi connectivity index (χ1n) is 7.52. The third-order valence-corrected chi connectivity index (χ3v) is 3.12. The van der Waals surface area contributed by atoms with Gasteiger partial charge in [-0.3, -0.25) is 9.59 Å². The number of methoxy groups -OCH3 is 1. The molecule has 0 saturated heterocycles. The summed E-state index contributed by atoms with van der Waals surface area (Å²) < 4.78 is 10.8. The lowest BCUT2D eigenvalue weighted by Gasteiger charge is -2.11. The van der Waals surface area contributed by atoms with Crippen molar-refractivity contribution in [1.82, 2.24) is 0 Å². The van der Waals surface area contributed by atoms with Crippen LogP contribution in [-0.2, 0) is 9.59 Å². The van der Waals surface area contributed by atoms with Crippen LogP contribution in [0.4, 0.5) is 11.4 Å². The van der Waals surface area contributed by atoms with Crippen LogP contribution in [0.15, 0.2) is 48.5 Å². The molecule has 24 heavy (non-hydrogen) atoms. The van der Waals surface area contributed by atoms with Gasteiger partial charge in [0.25, 0.3) is 0 Å². The van der Waals surface area contributed by atoms with Gasteiger partial charge in [-0.05, 0) is 30.3 Å². The summed E-state index contributed by atoms with van der Waals surface area (Å²) in [7, 11) is 1.57. The van der Waals surface area contributed by atoms with Gasteiger partial charge in [0.2, 0.25) is 11.8 Å². The number of nitrogens with one attached hydrogen (secondary N) is 2. The first-order valence-corrected chi connectivity index (χ1v) is 7.52. The number of ether oxygens (including phenoxy) is 2. The Kier molecular flexibility index (Phi) is 6.19. The van der Waals surface area contributed by atoms with Crippen molar-refractivity contribution >= 4 is 23.2 Å². The Balaban J connectivity index is 1.84. The summed E-state index contributed by atoms with van der Waals surface area (Å²) in [6.45, 7) is 1.66. The Morgan fingerprint density at radius 3 is 2.29 bits per heavy atom. The molecule has 126 valence electrons. The third-order valence-electron chi connectivity index (χ3n) is 3.12. The number of para-hydroxylation sites is 2. The highest BCUT2D eigenvalue weighted by molar-refractivity contribution is 5.93. The van der Waals surface area contributed by atoms with Crippen molar-refractivity contribution in [2.45, 2.75) is 13.3 Å². The molecule has 0 fully saturated rings. The van der Waals surface area contributed by atoms with Crippen LogP contribution in [-0.4, -0.2) is 25.5 Å². The van der Waals surface area contributed by atoms with E-state index in [0.29, 0.717) is 22.9 Å². The molecule has 0 saturated carbocycles. The maximum Gasteiger partial charge on any atom is 0.227 e. The van der Waals surface area contributed by atoms with Crippen molar-refractivity contribution < 1.29 is 19.1 Å². The van der Waals surface area contributed by atoms with Gasteiger partial charge in [0, 0.05) is 18.3 Å². The normalized spacial score (nSPS) is 9.92. The summed E-state index contributed by atoms with van der Waals surface area (Å²) in [6.07, 6.45) is 0.197. The molecule has 2 N–H and O–H groups in total. The van der Waals surface area contributed by atoms with E-state index in [9.17, 15) is 9.59 Å². The average Bonchev–Trinajstić information content (AvgIpc) is 2.55. The van der Waals surface area contributed by atoms with E-state index >= 15 is 0 Å². The van der Waals surface area contributed by atoms with Gasteiger partial charge in [0.15, 0.2) is 11.5 Å². The average molecular weight is 328 g/mol. The molecular formula is C18H20N2O4. The van der Waals surface area contributed by atoms with Crippen molar-refractivity contribution in [2.75, 3.05) is 24.4 Å². The van der Waals surface area contributed by atoms with Crippen LogP contribution in [0.2, 0.25) is 0 Å². The minimum Gasteiger partial charge on any atom is -0.493 e. The molecule has 0 aliphatic heterocycles. The molecule has 0 spiro atoms. The van der Waals surface area contributed by atoms with Gasteiger partial charge in [-0.25, -0.2) is 0 Å². The molecule has 2 aromatic rings. The summed E-state index contributed by atoms with van der Waals surface area (Å²) in [6, 6.07) is 14.2. The summed E-state index contributed by atoms with van der Waals surface area (Å²) >= 11 is 0. The van der Waals surface area contributed by atoms with E-state index in [1.807, 2.05) is 12.1 Å². The van der Waals surface area contributed by atoms with E-state index in [-0.39, 0.29) is 24.8 Å². The number of rotatable bonds is 7. The van der Waals surface area contributed by atoms with Crippen LogP contribution < -0.4 is 20.1 Å². The zero-order chi connectivity index (χ0) is 17.4. The zero-order valence-corrected chi connectivity index (χ0v) is 13.7. The lowest BCUT2D eigenvalue weighted by atomic mass is 10.2. The molecule has 0 atom stereocenters. The quantitative estimate of drug-likeness (QED) is 0.819. The van der Waals surface area contributed by atoms with E-state index < -0.39 is 0 Å². The summed E-state index contributed by atoms with van der Waals surface area (Å²) in [5.74, 6) is 0.884. The fourth-order valence-corrected chi connectivity index (χ4v) is 2.09. The number of anilines is 2. The zero-order valence-electron chi connectivity index (χ0n) is 13.7. The molecule has 2 amide bonds.